The fourth-order valence-electron chi connectivity index (χ4n) is 1.31. The second-order valence-corrected chi connectivity index (χ2v) is 3.77. The van der Waals surface area contributed by atoms with Crippen LogP contribution in [0.2, 0.25) is 0 Å². The number of hydrogen-bond acceptors (Lipinski definition) is 2. The first kappa shape index (κ1) is 14.1. The van der Waals surface area contributed by atoms with Crippen LogP contribution < -0.4 is 16.0 Å². The van der Waals surface area contributed by atoms with Gasteiger partial charge in [-0.25, -0.2) is 4.39 Å². The molecule has 0 unspecified atom stereocenters. The second-order valence-electron chi connectivity index (χ2n) is 3.77. The van der Waals surface area contributed by atoms with E-state index in [2.05, 4.69) is 10.6 Å². The van der Waals surface area contributed by atoms with E-state index in [1.807, 2.05) is 0 Å². The van der Waals surface area contributed by atoms with E-state index in [4.69, 9.17) is 0 Å². The van der Waals surface area contributed by atoms with Gasteiger partial charge in [0, 0.05) is 13.6 Å². The van der Waals surface area contributed by atoms with Crippen molar-refractivity contribution in [2.24, 2.45) is 0 Å². The van der Waals surface area contributed by atoms with Gasteiger partial charge in [0.2, 0.25) is 0 Å². The molecule has 0 bridgehead atoms. The van der Waals surface area contributed by atoms with E-state index in [-0.39, 0.29) is 30.7 Å². The molecule has 0 aromatic heterocycles. The van der Waals surface area contributed by atoms with Crippen molar-refractivity contribution >= 4 is 11.8 Å². The Hall–Kier alpha value is -1.95. The van der Waals surface area contributed by atoms with E-state index in [0.717, 1.165) is 5.56 Å². The van der Waals surface area contributed by atoms with E-state index in [1.54, 1.807) is 24.5 Å². The zero-order valence-corrected chi connectivity index (χ0v) is 10.2. The van der Waals surface area contributed by atoms with E-state index in [9.17, 15) is 14.0 Å². The largest absolute Gasteiger partial charge is 0.354 e. The Morgan fingerprint density at radius 1 is 1.17 bits per heavy atom. The highest BCUT2D eigenvalue weighted by atomic mass is 19.1. The van der Waals surface area contributed by atoms with Gasteiger partial charge in [0.05, 0.1) is 0 Å². The molecule has 0 aliphatic rings. The molecule has 0 aliphatic carbocycles. The Morgan fingerprint density at radius 3 is 2.39 bits per heavy atom. The summed E-state index contributed by atoms with van der Waals surface area (Å²) in [5.74, 6) is -0.589. The minimum Gasteiger partial charge on any atom is -0.354 e. The van der Waals surface area contributed by atoms with Crippen molar-refractivity contribution in [2.75, 3.05) is 20.1 Å². The van der Waals surface area contributed by atoms with E-state index >= 15 is 0 Å². The molecule has 0 radical (unpaired) electrons. The Kier molecular flexibility index (Phi) is 5.79. The van der Waals surface area contributed by atoms with Gasteiger partial charge in [0.25, 0.3) is 11.8 Å². The fraction of sp³-hybridized carbons (Fsp3) is 0.333. The van der Waals surface area contributed by atoms with Gasteiger partial charge in [-0.05, 0) is 17.7 Å². The van der Waals surface area contributed by atoms with Crippen LogP contribution in [0.15, 0.2) is 24.3 Å². The zero-order chi connectivity index (χ0) is 13.4. The third kappa shape index (κ3) is 5.40. The number of hydrogen-bond donors (Lipinski definition) is 3. The molecule has 1 aromatic carbocycles. The van der Waals surface area contributed by atoms with Crippen LogP contribution in [0.3, 0.4) is 0 Å². The van der Waals surface area contributed by atoms with Gasteiger partial charge >= 0.3 is 0 Å². The summed E-state index contributed by atoms with van der Waals surface area (Å²) in [5.41, 5.74) is 0.830. The van der Waals surface area contributed by atoms with Crippen LogP contribution in [0.1, 0.15) is 5.56 Å². The maximum Gasteiger partial charge on any atom is 0.275 e. The quantitative estimate of drug-likeness (QED) is 0.593. The molecule has 6 heteroatoms. The lowest BCUT2D eigenvalue weighted by Gasteiger charge is -2.04. The SMILES string of the molecule is CNC(=O)C[NH2+]CC(=O)NCc1ccc(F)cc1. The number of likely N-dealkylation sites (N-methyl/N-ethyl adjacent to an activating group) is 1. The first-order chi connectivity index (χ1) is 8.61. The average molecular weight is 254 g/mol. The monoisotopic (exact) mass is 254 g/mol. The zero-order valence-electron chi connectivity index (χ0n) is 10.2. The number of halogens is 1. The van der Waals surface area contributed by atoms with Crippen molar-refractivity contribution in [3.8, 4) is 0 Å². The van der Waals surface area contributed by atoms with Crippen molar-refractivity contribution in [1.82, 2.24) is 10.6 Å². The minimum absolute atomic E-state index is 0.124. The highest BCUT2D eigenvalue weighted by Crippen LogP contribution is 2.01. The molecular weight excluding hydrogens is 237 g/mol. The maximum absolute atomic E-state index is 12.6. The third-order valence-corrected chi connectivity index (χ3v) is 2.34. The molecule has 98 valence electrons. The fourth-order valence-corrected chi connectivity index (χ4v) is 1.31. The molecule has 0 saturated carbocycles. The molecule has 0 spiro atoms. The predicted octanol–water partition coefficient (Wildman–Crippen LogP) is -1.25. The van der Waals surface area contributed by atoms with Crippen LogP contribution in [-0.2, 0) is 16.1 Å². The summed E-state index contributed by atoms with van der Waals surface area (Å²) in [7, 11) is 1.55. The molecule has 1 aromatic rings. The molecule has 18 heavy (non-hydrogen) atoms. The van der Waals surface area contributed by atoms with Crippen molar-refractivity contribution < 1.29 is 19.3 Å². The van der Waals surface area contributed by atoms with Crippen molar-refractivity contribution in [3.63, 3.8) is 0 Å². The molecule has 5 nitrogen and oxygen atoms in total. The van der Waals surface area contributed by atoms with E-state index in [1.165, 1.54) is 12.1 Å². The number of rotatable bonds is 6. The number of quaternary nitrogens is 1. The second kappa shape index (κ2) is 7.39. The summed E-state index contributed by atoms with van der Waals surface area (Å²) in [6, 6.07) is 5.92. The molecule has 2 amide bonds. The highest BCUT2D eigenvalue weighted by molar-refractivity contribution is 5.78. The number of nitrogens with one attached hydrogen (secondary N) is 2. The summed E-state index contributed by atoms with van der Waals surface area (Å²) in [6.07, 6.45) is 0. The summed E-state index contributed by atoms with van der Waals surface area (Å²) in [4.78, 5) is 22.3. The van der Waals surface area contributed by atoms with Crippen LogP contribution in [-0.4, -0.2) is 32.0 Å². The van der Waals surface area contributed by atoms with Gasteiger partial charge < -0.3 is 16.0 Å². The predicted molar refractivity (Wildman–Crippen MR) is 64.0 cm³/mol. The molecule has 1 rings (SSSR count). The van der Waals surface area contributed by atoms with Gasteiger partial charge in [-0.1, -0.05) is 12.1 Å². The summed E-state index contributed by atoms with van der Waals surface area (Å²) in [5, 5.41) is 6.76. The molecule has 0 atom stereocenters. The van der Waals surface area contributed by atoms with Crippen LogP contribution >= 0.6 is 0 Å². The lowest BCUT2D eigenvalue weighted by atomic mass is 10.2. The topological polar surface area (TPSA) is 74.8 Å². The van der Waals surface area contributed by atoms with Crippen LogP contribution in [0.5, 0.6) is 0 Å². The Balaban J connectivity index is 2.21. The minimum atomic E-state index is -0.302. The first-order valence-electron chi connectivity index (χ1n) is 5.65. The molecule has 0 heterocycles. The van der Waals surface area contributed by atoms with Gasteiger partial charge in [-0.2, -0.15) is 0 Å². The Morgan fingerprint density at radius 2 is 1.78 bits per heavy atom. The van der Waals surface area contributed by atoms with Crippen molar-refractivity contribution in [2.45, 2.75) is 6.54 Å². The molecule has 0 saturated heterocycles. The highest BCUT2D eigenvalue weighted by Gasteiger charge is 2.05. The maximum atomic E-state index is 12.6. The lowest BCUT2D eigenvalue weighted by Crippen LogP contribution is -2.88. The van der Waals surface area contributed by atoms with Gasteiger partial charge in [-0.3, -0.25) is 9.59 Å². The van der Waals surface area contributed by atoms with Crippen molar-refractivity contribution in [1.29, 1.82) is 0 Å². The van der Waals surface area contributed by atoms with Crippen LogP contribution in [0.4, 0.5) is 4.39 Å². The van der Waals surface area contributed by atoms with Crippen molar-refractivity contribution in [3.05, 3.63) is 35.6 Å². The van der Waals surface area contributed by atoms with Crippen LogP contribution in [0.25, 0.3) is 0 Å². The summed E-state index contributed by atoms with van der Waals surface area (Å²) >= 11 is 0. The van der Waals surface area contributed by atoms with Gasteiger partial charge in [0.15, 0.2) is 13.1 Å². The Bertz CT molecular complexity index is 406. The summed E-state index contributed by atoms with van der Waals surface area (Å²) < 4.78 is 12.6. The number of carbonyl (C=O) groups excluding carboxylic acids is 2. The normalized spacial score (nSPS) is 9.89. The third-order valence-electron chi connectivity index (χ3n) is 2.34. The van der Waals surface area contributed by atoms with E-state index < -0.39 is 0 Å². The van der Waals surface area contributed by atoms with E-state index in [0.29, 0.717) is 6.54 Å². The molecule has 0 aliphatic heterocycles. The standard InChI is InChI=1S/C12H16FN3O2/c1-14-11(17)7-15-8-12(18)16-6-9-2-4-10(13)5-3-9/h2-5,15H,6-8H2,1H3,(H,14,17)(H,16,18)/p+1. The number of nitrogens with two attached hydrogens (primary N) is 1. The molecule has 4 N–H and O–H groups in total. The number of amides is 2. The Labute approximate surface area is 105 Å². The van der Waals surface area contributed by atoms with Gasteiger partial charge in [-0.15, -0.1) is 0 Å². The summed E-state index contributed by atoms with van der Waals surface area (Å²) in [6.45, 7) is 0.766. The lowest BCUT2D eigenvalue weighted by molar-refractivity contribution is -0.633. The van der Waals surface area contributed by atoms with Gasteiger partial charge in [0.1, 0.15) is 5.82 Å². The van der Waals surface area contributed by atoms with Crippen LogP contribution in [0, 0.1) is 5.82 Å². The molecular formula is C12H17FN3O2+. The smallest absolute Gasteiger partial charge is 0.275 e. The average Bonchev–Trinajstić information content (AvgIpc) is 2.38. The molecule has 0 fully saturated rings. The number of carbonyl (C=O) groups is 2. The number of benzene rings is 1. The first-order valence-corrected chi connectivity index (χ1v) is 5.65.